The Morgan fingerprint density at radius 1 is 1.08 bits per heavy atom. The van der Waals surface area contributed by atoms with Crippen LogP contribution in [0.25, 0.3) is 0 Å². The molecule has 1 aliphatic rings. The van der Waals surface area contributed by atoms with Crippen molar-refractivity contribution in [3.63, 3.8) is 0 Å². The summed E-state index contributed by atoms with van der Waals surface area (Å²) in [6.45, 7) is 3.40. The maximum atomic E-state index is 12.3. The third-order valence-corrected chi connectivity index (χ3v) is 4.75. The molecule has 1 aromatic heterocycles. The molecule has 0 unspecified atom stereocenters. The first-order chi connectivity index (χ1) is 11.7. The van der Waals surface area contributed by atoms with Crippen LogP contribution in [0.1, 0.15) is 24.0 Å². The van der Waals surface area contributed by atoms with Crippen molar-refractivity contribution in [1.29, 1.82) is 0 Å². The average molecular weight is 344 g/mol. The van der Waals surface area contributed by atoms with Crippen LogP contribution < -0.4 is 5.32 Å². The number of likely N-dealkylation sites (tertiary alicyclic amines) is 1. The molecule has 0 aliphatic carbocycles. The zero-order valence-corrected chi connectivity index (χ0v) is 14.4. The molecule has 1 aromatic carbocycles. The van der Waals surface area contributed by atoms with Crippen LogP contribution in [-0.4, -0.2) is 28.9 Å². The van der Waals surface area contributed by atoms with Crippen LogP contribution in [0.4, 0.5) is 0 Å². The van der Waals surface area contributed by atoms with E-state index in [9.17, 15) is 4.79 Å². The van der Waals surface area contributed by atoms with Gasteiger partial charge in [0.1, 0.15) is 0 Å². The number of carbonyl (C=O) groups excluding carboxylic acids is 1. The van der Waals surface area contributed by atoms with E-state index >= 15 is 0 Å². The summed E-state index contributed by atoms with van der Waals surface area (Å²) in [6, 6.07) is 11.8. The Balaban J connectivity index is 1.42. The number of hydrogen-bond acceptors (Lipinski definition) is 3. The number of nitrogens with one attached hydrogen (secondary N) is 1. The Kier molecular flexibility index (Phi) is 5.83. The van der Waals surface area contributed by atoms with Crippen LogP contribution in [0.3, 0.4) is 0 Å². The minimum absolute atomic E-state index is 0.119. The molecule has 1 fully saturated rings. The molecule has 1 amide bonds. The summed E-state index contributed by atoms with van der Waals surface area (Å²) in [7, 11) is 0. The number of benzene rings is 1. The number of carbonyl (C=O) groups is 1. The van der Waals surface area contributed by atoms with Crippen molar-refractivity contribution in [2.75, 3.05) is 13.1 Å². The monoisotopic (exact) mass is 343 g/mol. The van der Waals surface area contributed by atoms with Gasteiger partial charge in [-0.2, -0.15) is 0 Å². The van der Waals surface area contributed by atoms with E-state index in [1.54, 1.807) is 12.4 Å². The summed E-state index contributed by atoms with van der Waals surface area (Å²) in [4.78, 5) is 18.7. The second kappa shape index (κ2) is 8.27. The first-order valence-electron chi connectivity index (χ1n) is 8.34. The Hall–Kier alpha value is -1.91. The van der Waals surface area contributed by atoms with Gasteiger partial charge in [0.2, 0.25) is 5.91 Å². The number of pyridine rings is 1. The van der Waals surface area contributed by atoms with E-state index in [1.807, 2.05) is 24.3 Å². The van der Waals surface area contributed by atoms with Crippen molar-refractivity contribution in [3.05, 3.63) is 64.9 Å². The minimum atomic E-state index is 0.119. The lowest BCUT2D eigenvalue weighted by atomic mass is 9.95. The maximum absolute atomic E-state index is 12.3. The van der Waals surface area contributed by atoms with Gasteiger partial charge in [-0.1, -0.05) is 23.7 Å². The molecule has 1 N–H and O–H groups in total. The highest BCUT2D eigenvalue weighted by molar-refractivity contribution is 6.30. The van der Waals surface area contributed by atoms with Crippen LogP contribution in [0.5, 0.6) is 0 Å². The molecule has 1 saturated heterocycles. The summed E-state index contributed by atoms with van der Waals surface area (Å²) in [6.07, 6.45) is 5.32. The van der Waals surface area contributed by atoms with E-state index in [4.69, 9.17) is 11.6 Å². The Morgan fingerprint density at radius 2 is 1.75 bits per heavy atom. The molecule has 4 nitrogen and oxygen atoms in total. The van der Waals surface area contributed by atoms with Crippen molar-refractivity contribution in [1.82, 2.24) is 15.2 Å². The summed E-state index contributed by atoms with van der Waals surface area (Å²) in [5.41, 5.74) is 2.35. The number of nitrogens with zero attached hydrogens (tertiary/aromatic N) is 2. The van der Waals surface area contributed by atoms with Crippen LogP contribution in [0, 0.1) is 5.92 Å². The Morgan fingerprint density at radius 3 is 2.42 bits per heavy atom. The van der Waals surface area contributed by atoms with Crippen molar-refractivity contribution < 1.29 is 4.79 Å². The second-order valence-corrected chi connectivity index (χ2v) is 6.69. The molecule has 2 heterocycles. The van der Waals surface area contributed by atoms with Crippen molar-refractivity contribution in [3.8, 4) is 0 Å². The van der Waals surface area contributed by atoms with Crippen LogP contribution >= 0.6 is 11.6 Å². The number of halogens is 1. The van der Waals surface area contributed by atoms with E-state index in [2.05, 4.69) is 27.3 Å². The zero-order chi connectivity index (χ0) is 16.8. The number of amides is 1. The molecule has 1 aliphatic heterocycles. The lowest BCUT2D eigenvalue weighted by Gasteiger charge is -2.31. The fraction of sp³-hybridized carbons (Fsp3) is 0.368. The summed E-state index contributed by atoms with van der Waals surface area (Å²) in [5, 5.41) is 3.81. The molecule has 3 rings (SSSR count). The van der Waals surface area contributed by atoms with Crippen molar-refractivity contribution >= 4 is 17.5 Å². The third-order valence-electron chi connectivity index (χ3n) is 4.49. The van der Waals surface area contributed by atoms with Gasteiger partial charge in [-0.15, -0.1) is 0 Å². The van der Waals surface area contributed by atoms with Crippen LogP contribution in [0.2, 0.25) is 5.02 Å². The highest BCUT2D eigenvalue weighted by atomic mass is 35.5. The van der Waals surface area contributed by atoms with Gasteiger partial charge in [0.15, 0.2) is 0 Å². The van der Waals surface area contributed by atoms with Gasteiger partial charge in [-0.25, -0.2) is 0 Å². The fourth-order valence-corrected chi connectivity index (χ4v) is 3.16. The maximum Gasteiger partial charge on any atom is 0.223 e. The van der Waals surface area contributed by atoms with E-state index in [-0.39, 0.29) is 11.8 Å². The molecule has 0 saturated carbocycles. The topological polar surface area (TPSA) is 45.2 Å². The van der Waals surface area contributed by atoms with Gasteiger partial charge >= 0.3 is 0 Å². The molecule has 0 spiro atoms. The predicted molar refractivity (Wildman–Crippen MR) is 95.5 cm³/mol. The normalized spacial score (nSPS) is 16.0. The van der Waals surface area contributed by atoms with Gasteiger partial charge in [0, 0.05) is 36.4 Å². The van der Waals surface area contributed by atoms with Crippen molar-refractivity contribution in [2.24, 2.45) is 5.92 Å². The molecule has 0 radical (unpaired) electrons. The van der Waals surface area contributed by atoms with Crippen molar-refractivity contribution in [2.45, 2.75) is 25.9 Å². The lowest BCUT2D eigenvalue weighted by molar-refractivity contribution is -0.126. The predicted octanol–water partition coefficient (Wildman–Crippen LogP) is 3.26. The molecule has 0 bridgehead atoms. The molecular formula is C19H22ClN3O. The summed E-state index contributed by atoms with van der Waals surface area (Å²) < 4.78 is 0. The third kappa shape index (κ3) is 4.79. The number of hydrogen-bond donors (Lipinski definition) is 1. The van der Waals surface area contributed by atoms with Crippen LogP contribution in [0.15, 0.2) is 48.8 Å². The number of aromatic nitrogens is 1. The average Bonchev–Trinajstić information content (AvgIpc) is 2.63. The first-order valence-corrected chi connectivity index (χ1v) is 8.72. The molecular weight excluding hydrogens is 322 g/mol. The molecule has 126 valence electrons. The standard InChI is InChI=1S/C19H22ClN3O/c20-18-3-1-16(2-4-18)14-23-11-7-17(8-12-23)19(24)22-13-15-5-9-21-10-6-15/h1-6,9-10,17H,7-8,11-14H2,(H,22,24). The van der Waals surface area contributed by atoms with E-state index in [1.165, 1.54) is 5.56 Å². The SMILES string of the molecule is O=C(NCc1ccncc1)C1CCN(Cc2ccc(Cl)cc2)CC1. The van der Waals surface area contributed by atoms with E-state index in [0.717, 1.165) is 43.1 Å². The summed E-state index contributed by atoms with van der Waals surface area (Å²) in [5.74, 6) is 0.284. The number of rotatable bonds is 5. The van der Waals surface area contributed by atoms with Gasteiger partial charge in [0.05, 0.1) is 0 Å². The zero-order valence-electron chi connectivity index (χ0n) is 13.6. The Bertz CT molecular complexity index is 652. The lowest BCUT2D eigenvalue weighted by Crippen LogP contribution is -2.40. The second-order valence-electron chi connectivity index (χ2n) is 6.25. The first kappa shape index (κ1) is 16.9. The van der Waals surface area contributed by atoms with Crippen LogP contribution in [-0.2, 0) is 17.9 Å². The van der Waals surface area contributed by atoms with E-state index in [0.29, 0.717) is 6.54 Å². The molecule has 24 heavy (non-hydrogen) atoms. The quantitative estimate of drug-likeness (QED) is 0.906. The molecule has 2 aromatic rings. The smallest absolute Gasteiger partial charge is 0.223 e. The number of piperidine rings is 1. The van der Waals surface area contributed by atoms with E-state index < -0.39 is 0 Å². The highest BCUT2D eigenvalue weighted by Gasteiger charge is 2.24. The molecule has 5 heteroatoms. The molecule has 0 atom stereocenters. The van der Waals surface area contributed by atoms with Gasteiger partial charge in [-0.05, 0) is 61.3 Å². The summed E-state index contributed by atoms with van der Waals surface area (Å²) >= 11 is 5.92. The van der Waals surface area contributed by atoms with Gasteiger partial charge in [0.25, 0.3) is 0 Å². The van der Waals surface area contributed by atoms with Gasteiger partial charge in [-0.3, -0.25) is 14.7 Å². The van der Waals surface area contributed by atoms with Gasteiger partial charge < -0.3 is 5.32 Å². The Labute approximate surface area is 147 Å². The highest BCUT2D eigenvalue weighted by Crippen LogP contribution is 2.20. The fourth-order valence-electron chi connectivity index (χ4n) is 3.04. The minimum Gasteiger partial charge on any atom is -0.352 e. The largest absolute Gasteiger partial charge is 0.352 e.